The first kappa shape index (κ1) is 26.0. The third-order valence-corrected chi connectivity index (χ3v) is 9.82. The maximum atomic E-state index is 6.31. The second kappa shape index (κ2) is 9.87. The summed E-state index contributed by atoms with van der Waals surface area (Å²) in [6.45, 7) is 0. The minimum Gasteiger partial charge on any atom is -0.437 e. The molecular weight excluding hydrogens is 574 g/mol. The van der Waals surface area contributed by atoms with Crippen molar-refractivity contribution >= 4 is 27.8 Å². The molecule has 5 aromatic carbocycles. The molecule has 0 fully saturated rings. The van der Waals surface area contributed by atoms with E-state index in [1.165, 1.54) is 38.9 Å². The third kappa shape index (κ3) is 3.70. The molecule has 1 aliphatic carbocycles. The zero-order valence-electron chi connectivity index (χ0n) is 25.3. The molecule has 1 aliphatic rings. The quantitative estimate of drug-likeness (QED) is 0.202. The van der Waals surface area contributed by atoms with Crippen LogP contribution in [0.15, 0.2) is 169 Å². The maximum absolute atomic E-state index is 6.31. The molecule has 0 unspecified atom stereocenters. The molecule has 220 valence electrons. The van der Waals surface area contributed by atoms with Gasteiger partial charge in [0.2, 0.25) is 5.71 Å². The van der Waals surface area contributed by atoms with E-state index in [1.807, 2.05) is 30.6 Å². The summed E-state index contributed by atoms with van der Waals surface area (Å²) in [5.74, 6) is 0. The minimum atomic E-state index is -0.517. The fourth-order valence-corrected chi connectivity index (χ4v) is 7.71. The number of aromatic nitrogens is 3. The van der Waals surface area contributed by atoms with Gasteiger partial charge in [-0.25, -0.2) is 4.98 Å². The van der Waals surface area contributed by atoms with Crippen LogP contribution in [0.2, 0.25) is 0 Å². The molecule has 4 aromatic heterocycles. The zero-order chi connectivity index (χ0) is 31.0. The van der Waals surface area contributed by atoms with Gasteiger partial charge in [0, 0.05) is 24.0 Å². The van der Waals surface area contributed by atoms with Gasteiger partial charge in [-0.05, 0) is 104 Å². The number of imidazole rings is 1. The lowest BCUT2D eigenvalue weighted by Crippen LogP contribution is -2.28. The Hall–Kier alpha value is -6.26. The Morgan fingerprint density at radius 2 is 1.13 bits per heavy atom. The Morgan fingerprint density at radius 1 is 0.532 bits per heavy atom. The molecule has 4 heterocycles. The van der Waals surface area contributed by atoms with Crippen molar-refractivity contribution in [2.45, 2.75) is 5.41 Å². The van der Waals surface area contributed by atoms with Crippen molar-refractivity contribution in [1.82, 2.24) is 14.4 Å². The Kier molecular flexibility index (Phi) is 5.46. The van der Waals surface area contributed by atoms with Gasteiger partial charge in [-0.3, -0.25) is 9.38 Å². The molecule has 0 N–H and O–H groups in total. The second-order valence-electron chi connectivity index (χ2n) is 12.2. The largest absolute Gasteiger partial charge is 0.437 e. The van der Waals surface area contributed by atoms with E-state index in [4.69, 9.17) is 9.40 Å². The van der Waals surface area contributed by atoms with Crippen molar-refractivity contribution in [3.05, 3.63) is 186 Å². The van der Waals surface area contributed by atoms with Crippen LogP contribution in [-0.2, 0) is 5.41 Å². The Labute approximate surface area is 271 Å². The minimum absolute atomic E-state index is 0.517. The van der Waals surface area contributed by atoms with E-state index in [9.17, 15) is 0 Å². The highest BCUT2D eigenvalue weighted by Crippen LogP contribution is 2.57. The SMILES string of the molecule is c1ccc(C2(c3ccccc3)c3cc(-c4ccncc4)ccc3-c3ccc(-c4ccc5nc6c7ccccc7oc6n5c4)cc32)cc1. The van der Waals surface area contributed by atoms with Gasteiger partial charge >= 0.3 is 0 Å². The first-order valence-electron chi connectivity index (χ1n) is 15.9. The highest BCUT2D eigenvalue weighted by Gasteiger charge is 2.46. The van der Waals surface area contributed by atoms with Crippen molar-refractivity contribution in [2.75, 3.05) is 0 Å². The molecule has 0 aliphatic heterocycles. The summed E-state index contributed by atoms with van der Waals surface area (Å²) >= 11 is 0. The zero-order valence-corrected chi connectivity index (χ0v) is 25.3. The van der Waals surface area contributed by atoms with Gasteiger partial charge < -0.3 is 4.42 Å². The number of hydrogen-bond acceptors (Lipinski definition) is 3. The van der Waals surface area contributed by atoms with Gasteiger partial charge in [0.05, 0.1) is 5.41 Å². The lowest BCUT2D eigenvalue weighted by Gasteiger charge is -2.34. The summed E-state index contributed by atoms with van der Waals surface area (Å²) in [7, 11) is 0. The van der Waals surface area contributed by atoms with Crippen LogP contribution < -0.4 is 0 Å². The van der Waals surface area contributed by atoms with Crippen LogP contribution in [0.1, 0.15) is 22.3 Å². The fourth-order valence-electron chi connectivity index (χ4n) is 7.71. The molecular formula is C43H27N3O. The third-order valence-electron chi connectivity index (χ3n) is 9.82. The van der Waals surface area contributed by atoms with E-state index >= 15 is 0 Å². The second-order valence-corrected chi connectivity index (χ2v) is 12.2. The predicted octanol–water partition coefficient (Wildman–Crippen LogP) is 10.3. The Balaban J connectivity index is 1.24. The predicted molar refractivity (Wildman–Crippen MR) is 188 cm³/mol. The number of para-hydroxylation sites is 1. The van der Waals surface area contributed by atoms with Crippen molar-refractivity contribution < 1.29 is 4.42 Å². The van der Waals surface area contributed by atoms with Crippen LogP contribution in [0.4, 0.5) is 0 Å². The van der Waals surface area contributed by atoms with Gasteiger partial charge in [-0.15, -0.1) is 0 Å². The summed E-state index contributed by atoms with van der Waals surface area (Å²) in [6.07, 6.45) is 5.88. The smallest absolute Gasteiger partial charge is 0.232 e. The van der Waals surface area contributed by atoms with Gasteiger partial charge in [0.15, 0.2) is 0 Å². The van der Waals surface area contributed by atoms with Crippen LogP contribution in [-0.4, -0.2) is 14.4 Å². The first-order valence-corrected chi connectivity index (χ1v) is 15.9. The van der Waals surface area contributed by atoms with E-state index in [1.54, 1.807) is 0 Å². The molecule has 0 radical (unpaired) electrons. The van der Waals surface area contributed by atoms with Crippen LogP contribution in [0.3, 0.4) is 0 Å². The number of furan rings is 1. The number of pyridine rings is 2. The van der Waals surface area contributed by atoms with Crippen LogP contribution in [0.5, 0.6) is 0 Å². The topological polar surface area (TPSA) is 43.3 Å². The van der Waals surface area contributed by atoms with Gasteiger partial charge in [0.1, 0.15) is 16.7 Å². The van der Waals surface area contributed by atoms with Crippen LogP contribution >= 0.6 is 0 Å². The average Bonchev–Trinajstić information content (AvgIpc) is 3.79. The fraction of sp³-hybridized carbons (Fsp3) is 0.0233. The van der Waals surface area contributed by atoms with E-state index in [-0.39, 0.29) is 0 Å². The summed E-state index contributed by atoms with van der Waals surface area (Å²) in [5, 5.41) is 1.03. The molecule has 0 saturated carbocycles. The number of hydrogen-bond donors (Lipinski definition) is 0. The Bertz CT molecular complexity index is 2580. The maximum Gasteiger partial charge on any atom is 0.232 e. The number of benzene rings is 5. The number of fused-ring (bicyclic) bond motifs is 8. The molecule has 47 heavy (non-hydrogen) atoms. The van der Waals surface area contributed by atoms with Crippen molar-refractivity contribution in [3.63, 3.8) is 0 Å². The highest BCUT2D eigenvalue weighted by molar-refractivity contribution is 6.03. The van der Waals surface area contributed by atoms with Crippen molar-refractivity contribution in [1.29, 1.82) is 0 Å². The van der Waals surface area contributed by atoms with Crippen LogP contribution in [0.25, 0.3) is 61.2 Å². The van der Waals surface area contributed by atoms with Crippen molar-refractivity contribution in [3.8, 4) is 33.4 Å². The van der Waals surface area contributed by atoms with Gasteiger partial charge in [-0.1, -0.05) is 97.1 Å². The summed E-state index contributed by atoms with van der Waals surface area (Å²) < 4.78 is 8.38. The van der Waals surface area contributed by atoms with Crippen LogP contribution in [0, 0.1) is 0 Å². The van der Waals surface area contributed by atoms with E-state index in [0.717, 1.165) is 44.5 Å². The monoisotopic (exact) mass is 601 g/mol. The summed E-state index contributed by atoms with van der Waals surface area (Å²) in [6, 6.07) is 52.3. The van der Waals surface area contributed by atoms with Gasteiger partial charge in [0.25, 0.3) is 0 Å². The first-order chi connectivity index (χ1) is 23.3. The van der Waals surface area contributed by atoms with Gasteiger partial charge in [-0.2, -0.15) is 0 Å². The highest BCUT2D eigenvalue weighted by atomic mass is 16.3. The Morgan fingerprint density at radius 3 is 1.81 bits per heavy atom. The normalized spacial score (nSPS) is 13.3. The molecule has 0 bridgehead atoms. The van der Waals surface area contributed by atoms with Crippen molar-refractivity contribution in [2.24, 2.45) is 0 Å². The number of nitrogens with zero attached hydrogens (tertiary/aromatic N) is 3. The molecule has 0 atom stereocenters. The average molecular weight is 602 g/mol. The molecule has 4 nitrogen and oxygen atoms in total. The summed E-state index contributed by atoms with van der Waals surface area (Å²) in [5.41, 5.74) is 15.0. The van der Waals surface area contributed by atoms with E-state index < -0.39 is 5.41 Å². The lowest BCUT2D eigenvalue weighted by atomic mass is 9.67. The standard InChI is InChI=1S/C43H27N3O/c1-3-9-32(10-4-1)43(33-11-5-2-6-12-33)37-25-29(28-21-23-44-24-22-28)15-18-34(37)35-19-16-30(26-38(35)43)31-17-20-40-45-41-36-13-7-8-14-39(36)47-42(41)46(40)27-31/h1-27H. The molecule has 0 amide bonds. The molecule has 4 heteroatoms. The molecule has 0 spiro atoms. The number of rotatable bonds is 4. The molecule has 0 saturated heterocycles. The van der Waals surface area contributed by atoms with E-state index in [2.05, 4.69) is 143 Å². The van der Waals surface area contributed by atoms with E-state index in [0.29, 0.717) is 0 Å². The lowest BCUT2D eigenvalue weighted by molar-refractivity contribution is 0.649. The molecule has 10 rings (SSSR count). The molecule has 9 aromatic rings. The summed E-state index contributed by atoms with van der Waals surface area (Å²) in [4.78, 5) is 9.19.